The Morgan fingerprint density at radius 3 is 1.98 bits per heavy atom. The second-order valence-corrected chi connectivity index (χ2v) is 13.2. The van der Waals surface area contributed by atoms with Gasteiger partial charge in [-0.05, 0) is 80.8 Å². The number of fused-ring (bicyclic) bond motifs is 10. The second kappa shape index (κ2) is 14.1. The van der Waals surface area contributed by atoms with E-state index in [9.17, 15) is 0 Å². The van der Waals surface area contributed by atoms with Crippen molar-refractivity contribution in [1.29, 1.82) is 0 Å². The number of imidazole rings is 1. The third kappa shape index (κ3) is 5.99. The Morgan fingerprint density at radius 2 is 1.27 bits per heavy atom. The summed E-state index contributed by atoms with van der Waals surface area (Å²) in [5.41, 5.74) is 7.10. The van der Waals surface area contributed by atoms with Gasteiger partial charge in [-0.15, -0.1) is 53.6 Å². The van der Waals surface area contributed by atoms with Crippen LogP contribution in [0.25, 0.3) is 93.6 Å². The summed E-state index contributed by atoms with van der Waals surface area (Å²) in [7, 11) is 0. The molecular formula is C50H33IrN3O-2. The van der Waals surface area contributed by atoms with Crippen LogP contribution in [0.2, 0.25) is 0 Å². The van der Waals surface area contributed by atoms with Gasteiger partial charge in [0, 0.05) is 45.6 Å². The van der Waals surface area contributed by atoms with Crippen LogP contribution in [0.5, 0.6) is 0 Å². The van der Waals surface area contributed by atoms with Gasteiger partial charge in [0.1, 0.15) is 5.58 Å². The predicted octanol–water partition coefficient (Wildman–Crippen LogP) is 13.0. The third-order valence-electron chi connectivity index (χ3n) is 9.96. The summed E-state index contributed by atoms with van der Waals surface area (Å²) in [6.07, 6.45) is 1.30. The van der Waals surface area contributed by atoms with Crippen molar-refractivity contribution in [3.05, 3.63) is 187 Å². The Balaban J connectivity index is 0.000000193. The molecule has 0 N–H and O–H groups in total. The summed E-state index contributed by atoms with van der Waals surface area (Å²) in [5, 5.41) is 9.68. The Hall–Kier alpha value is -6.39. The number of pyridine rings is 1. The Morgan fingerprint density at radius 1 is 0.600 bits per heavy atom. The molecule has 0 aliphatic rings. The number of rotatable bonds is 3. The van der Waals surface area contributed by atoms with E-state index in [-0.39, 0.29) is 31.2 Å². The second-order valence-electron chi connectivity index (χ2n) is 13.2. The van der Waals surface area contributed by atoms with Gasteiger partial charge in [-0.2, -0.15) is 0 Å². The molecule has 0 unspecified atom stereocenters. The van der Waals surface area contributed by atoms with E-state index in [2.05, 4.69) is 119 Å². The molecule has 4 nitrogen and oxygen atoms in total. The van der Waals surface area contributed by atoms with Gasteiger partial charge in [-0.25, -0.2) is 0 Å². The summed E-state index contributed by atoms with van der Waals surface area (Å²) in [4.78, 5) is 9.22. The molecule has 1 radical (unpaired) electrons. The molecule has 0 fully saturated rings. The average Bonchev–Trinajstić information content (AvgIpc) is 3.85. The molecule has 8 aromatic carbocycles. The van der Waals surface area contributed by atoms with Crippen molar-refractivity contribution >= 4 is 65.3 Å². The van der Waals surface area contributed by atoms with Crippen molar-refractivity contribution in [1.82, 2.24) is 14.5 Å². The van der Waals surface area contributed by atoms with Crippen molar-refractivity contribution < 1.29 is 32.7 Å². The van der Waals surface area contributed by atoms with Gasteiger partial charge in [0.25, 0.3) is 0 Å². The molecule has 3 aromatic heterocycles. The number of nitrogens with zero attached hydrogens (tertiary/aromatic N) is 3. The minimum Gasteiger partial charge on any atom is -0.501 e. The summed E-state index contributed by atoms with van der Waals surface area (Å²) >= 11 is 0. The van der Waals surface area contributed by atoms with Crippen LogP contribution in [-0.4, -0.2) is 14.5 Å². The fraction of sp³-hybridized carbons (Fsp3) is 0.0400. The van der Waals surface area contributed by atoms with Crippen LogP contribution < -0.4 is 0 Å². The monoisotopic (exact) mass is 890 g/mol. The fourth-order valence-corrected chi connectivity index (χ4v) is 7.48. The zero-order valence-electron chi connectivity index (χ0n) is 35.2. The van der Waals surface area contributed by atoms with Crippen LogP contribution in [0, 0.1) is 25.8 Å². The number of hydrogen-bond donors (Lipinski definition) is 0. The summed E-state index contributed by atoms with van der Waals surface area (Å²) in [6.45, 7) is -4.34. The smallest absolute Gasteiger partial charge is 0.120 e. The van der Waals surface area contributed by atoms with E-state index in [0.717, 1.165) is 50.0 Å². The van der Waals surface area contributed by atoms with Gasteiger partial charge in [-0.3, -0.25) is 4.98 Å². The summed E-state index contributed by atoms with van der Waals surface area (Å²) in [6, 6.07) is 58.6. The zero-order valence-corrected chi connectivity index (χ0v) is 31.6. The molecule has 0 spiro atoms. The minimum atomic E-state index is -2.18. The molecule has 0 aliphatic heterocycles. The molecule has 11 rings (SSSR count). The topological polar surface area (TPSA) is 43.9 Å². The summed E-state index contributed by atoms with van der Waals surface area (Å²) < 4.78 is 52.3. The molecule has 0 saturated heterocycles. The Kier molecular flexibility index (Phi) is 7.21. The largest absolute Gasteiger partial charge is 0.501 e. The maximum absolute atomic E-state index is 7.28. The van der Waals surface area contributed by atoms with Crippen molar-refractivity contribution in [2.45, 2.75) is 13.7 Å². The van der Waals surface area contributed by atoms with Gasteiger partial charge < -0.3 is 14.0 Å². The molecule has 0 atom stereocenters. The first kappa shape index (κ1) is 28.1. The molecule has 0 amide bonds. The van der Waals surface area contributed by atoms with Crippen LogP contribution in [-0.2, 0) is 20.1 Å². The molecule has 265 valence electrons. The third-order valence-corrected chi connectivity index (χ3v) is 9.96. The quantitative estimate of drug-likeness (QED) is 0.131. The van der Waals surface area contributed by atoms with E-state index in [4.69, 9.17) is 17.6 Å². The summed E-state index contributed by atoms with van der Waals surface area (Å²) in [5.74, 6) is 0.815. The molecule has 0 bridgehead atoms. The van der Waals surface area contributed by atoms with E-state index < -0.39 is 13.7 Å². The van der Waals surface area contributed by atoms with Crippen molar-refractivity contribution in [3.63, 3.8) is 0 Å². The van der Waals surface area contributed by atoms with Gasteiger partial charge in [0.05, 0.1) is 22.4 Å². The molecule has 0 saturated carbocycles. The molecular weight excluding hydrogens is 851 g/mol. The Labute approximate surface area is 340 Å². The van der Waals surface area contributed by atoms with Crippen molar-refractivity contribution in [2.24, 2.45) is 0 Å². The first-order valence-electron chi connectivity index (χ1n) is 20.7. The minimum absolute atomic E-state index is 0. The molecule has 5 heteroatoms. The normalized spacial score (nSPS) is 13.4. The predicted molar refractivity (Wildman–Crippen MR) is 223 cm³/mol. The van der Waals surface area contributed by atoms with E-state index >= 15 is 0 Å². The van der Waals surface area contributed by atoms with Gasteiger partial charge in [-0.1, -0.05) is 115 Å². The average molecular weight is 890 g/mol. The van der Waals surface area contributed by atoms with E-state index in [0.29, 0.717) is 11.3 Å². The van der Waals surface area contributed by atoms with Crippen LogP contribution in [0.3, 0.4) is 0 Å². The number of aryl methyl sites for hydroxylation is 2. The van der Waals surface area contributed by atoms with Crippen LogP contribution >= 0.6 is 0 Å². The molecule has 3 heterocycles. The number of furan rings is 1. The maximum atomic E-state index is 7.28. The molecule has 55 heavy (non-hydrogen) atoms. The van der Waals surface area contributed by atoms with Gasteiger partial charge in [0.2, 0.25) is 0 Å². The number of benzene rings is 8. The van der Waals surface area contributed by atoms with Crippen LogP contribution in [0.1, 0.15) is 19.4 Å². The van der Waals surface area contributed by atoms with Crippen molar-refractivity contribution in [3.8, 4) is 28.3 Å². The number of para-hydroxylation sites is 3. The van der Waals surface area contributed by atoms with Crippen molar-refractivity contribution in [2.75, 3.05) is 0 Å². The molecule has 0 aliphatic carbocycles. The van der Waals surface area contributed by atoms with Gasteiger partial charge in [0.15, 0.2) is 0 Å². The fourth-order valence-electron chi connectivity index (χ4n) is 7.48. The van der Waals surface area contributed by atoms with Crippen LogP contribution in [0.15, 0.2) is 168 Å². The number of aromatic nitrogens is 3. The Bertz CT molecular complexity index is 3320. The first-order valence-corrected chi connectivity index (χ1v) is 17.7. The van der Waals surface area contributed by atoms with E-state index in [1.165, 1.54) is 56.7 Å². The maximum Gasteiger partial charge on any atom is 0.120 e. The standard InChI is InChI=1S/C37H21N2O.C13H12N.Ir/c1-2-12-26-24(10-1)25-11-3-4-13-27(25)32-22-23(20-21-28(26)32)39-34-18-7-6-17-33(34)38-37(39)31-16-9-15-30-29-14-5-8-19-35(29)40-36(30)31;1-10-3-6-12(7-4-10)13-8-5-11(2)9-14-13;/h1-15,17-22H;3-6,8-9H,1-2H3;/q2*-1;/i;1D3,2D3;. The molecule has 11 aromatic rings. The van der Waals surface area contributed by atoms with E-state index in [1.54, 1.807) is 12.1 Å². The number of hydrogen-bond acceptors (Lipinski definition) is 3. The zero-order chi connectivity index (χ0) is 41.2. The van der Waals surface area contributed by atoms with Gasteiger partial charge >= 0.3 is 0 Å². The van der Waals surface area contributed by atoms with Crippen LogP contribution in [0.4, 0.5) is 0 Å². The SMILES string of the molecule is [2H]C([2H])([2H])c1c[c-]c(-c2ccc(C([2H])([2H])[2H])cn2)cc1.[Ir].[c-]1ccc2c(oc3ccccc32)c1-c1nc2ccccc2n1-c1ccc2c3ccccc3c3ccccc3c2c1. The first-order chi connectivity index (χ1) is 29.0. The van der Waals surface area contributed by atoms with E-state index in [1.807, 2.05) is 30.3 Å².